The molecule has 0 spiro atoms. The van der Waals surface area contributed by atoms with Crippen LogP contribution >= 0.6 is 11.6 Å². The highest BCUT2D eigenvalue weighted by molar-refractivity contribution is 6.30. The standard InChI is InChI=1S/C16H14ClFO2/c1-10-5-2-3-7-12(10)13(16(19)20)9-11-6-4-8-14(17)15(11)18/h2-8,13H,9H2,1H3,(H,19,20). The average molecular weight is 293 g/mol. The van der Waals surface area contributed by atoms with Crippen molar-refractivity contribution in [2.45, 2.75) is 19.3 Å². The smallest absolute Gasteiger partial charge is 0.311 e. The molecule has 2 rings (SSSR count). The predicted molar refractivity (Wildman–Crippen MR) is 76.7 cm³/mol. The molecule has 0 bridgehead atoms. The summed E-state index contributed by atoms with van der Waals surface area (Å²) in [7, 11) is 0. The number of carboxylic acid groups (broad SMARTS) is 1. The van der Waals surface area contributed by atoms with Crippen molar-refractivity contribution >= 4 is 17.6 Å². The molecule has 0 amide bonds. The summed E-state index contributed by atoms with van der Waals surface area (Å²) in [5.41, 5.74) is 1.88. The molecule has 4 heteroatoms. The molecule has 1 unspecified atom stereocenters. The number of halogens is 2. The minimum absolute atomic E-state index is 0.0106. The van der Waals surface area contributed by atoms with Crippen LogP contribution in [0.3, 0.4) is 0 Å². The molecule has 104 valence electrons. The Morgan fingerprint density at radius 2 is 1.95 bits per heavy atom. The summed E-state index contributed by atoms with van der Waals surface area (Å²) in [6.45, 7) is 1.85. The number of hydrogen-bond acceptors (Lipinski definition) is 1. The lowest BCUT2D eigenvalue weighted by Crippen LogP contribution is -2.16. The van der Waals surface area contributed by atoms with Crippen molar-refractivity contribution in [3.8, 4) is 0 Å². The molecule has 0 aliphatic rings. The van der Waals surface area contributed by atoms with Gasteiger partial charge in [-0.1, -0.05) is 48.0 Å². The van der Waals surface area contributed by atoms with E-state index in [0.717, 1.165) is 5.56 Å². The topological polar surface area (TPSA) is 37.3 Å². The van der Waals surface area contributed by atoms with Gasteiger partial charge in [0.25, 0.3) is 0 Å². The SMILES string of the molecule is Cc1ccccc1C(Cc1cccc(Cl)c1F)C(=O)O. The van der Waals surface area contributed by atoms with E-state index in [9.17, 15) is 14.3 Å². The summed E-state index contributed by atoms with van der Waals surface area (Å²) in [4.78, 5) is 11.5. The maximum Gasteiger partial charge on any atom is 0.311 e. The number of carbonyl (C=O) groups is 1. The van der Waals surface area contributed by atoms with Crippen LogP contribution in [0.5, 0.6) is 0 Å². The van der Waals surface area contributed by atoms with Gasteiger partial charge >= 0.3 is 5.97 Å². The van der Waals surface area contributed by atoms with Crippen LogP contribution in [0.2, 0.25) is 5.02 Å². The molecular formula is C16H14ClFO2. The molecule has 1 atom stereocenters. The molecule has 0 heterocycles. The van der Waals surface area contributed by atoms with Crippen molar-refractivity contribution in [3.63, 3.8) is 0 Å². The van der Waals surface area contributed by atoms with Crippen LogP contribution < -0.4 is 0 Å². The van der Waals surface area contributed by atoms with Crippen LogP contribution in [0.1, 0.15) is 22.6 Å². The zero-order chi connectivity index (χ0) is 14.7. The van der Waals surface area contributed by atoms with E-state index in [-0.39, 0.29) is 11.4 Å². The zero-order valence-electron chi connectivity index (χ0n) is 10.9. The number of aryl methyl sites for hydroxylation is 1. The highest BCUT2D eigenvalue weighted by Gasteiger charge is 2.23. The summed E-state index contributed by atoms with van der Waals surface area (Å²) in [6.07, 6.45) is 0.0760. The Hall–Kier alpha value is -1.87. The van der Waals surface area contributed by atoms with Crippen molar-refractivity contribution in [1.29, 1.82) is 0 Å². The quantitative estimate of drug-likeness (QED) is 0.917. The van der Waals surface area contributed by atoms with Crippen molar-refractivity contribution < 1.29 is 14.3 Å². The van der Waals surface area contributed by atoms with E-state index in [0.29, 0.717) is 11.1 Å². The molecule has 0 aromatic heterocycles. The second-order valence-electron chi connectivity index (χ2n) is 4.66. The third-order valence-corrected chi connectivity index (χ3v) is 3.61. The van der Waals surface area contributed by atoms with Gasteiger partial charge < -0.3 is 5.11 Å². The third-order valence-electron chi connectivity index (χ3n) is 3.32. The van der Waals surface area contributed by atoms with Gasteiger partial charge in [-0.3, -0.25) is 4.79 Å². The Morgan fingerprint density at radius 1 is 1.25 bits per heavy atom. The van der Waals surface area contributed by atoms with Gasteiger partial charge in [0.2, 0.25) is 0 Å². The molecule has 2 nitrogen and oxygen atoms in total. The lowest BCUT2D eigenvalue weighted by Gasteiger charge is -2.16. The van der Waals surface area contributed by atoms with Crippen molar-refractivity contribution in [2.75, 3.05) is 0 Å². The second kappa shape index (κ2) is 6.06. The number of carboxylic acids is 1. The predicted octanol–water partition coefficient (Wildman–Crippen LogP) is 4.20. The van der Waals surface area contributed by atoms with E-state index >= 15 is 0 Å². The van der Waals surface area contributed by atoms with E-state index in [1.165, 1.54) is 6.07 Å². The van der Waals surface area contributed by atoms with Gasteiger partial charge in [-0.2, -0.15) is 0 Å². The number of rotatable bonds is 4. The number of hydrogen-bond donors (Lipinski definition) is 1. The fourth-order valence-electron chi connectivity index (χ4n) is 2.23. The molecule has 0 fully saturated rings. The maximum atomic E-state index is 13.9. The molecule has 0 saturated carbocycles. The van der Waals surface area contributed by atoms with Gasteiger partial charge in [0.15, 0.2) is 0 Å². The summed E-state index contributed by atoms with van der Waals surface area (Å²) >= 11 is 5.73. The first kappa shape index (κ1) is 14.5. The third kappa shape index (κ3) is 2.99. The molecule has 20 heavy (non-hydrogen) atoms. The monoisotopic (exact) mass is 292 g/mol. The van der Waals surface area contributed by atoms with Gasteiger partial charge in [-0.15, -0.1) is 0 Å². The average Bonchev–Trinajstić information content (AvgIpc) is 2.41. The van der Waals surface area contributed by atoms with E-state index in [2.05, 4.69) is 0 Å². The fourth-order valence-corrected chi connectivity index (χ4v) is 2.43. The molecule has 0 aliphatic carbocycles. The van der Waals surface area contributed by atoms with Crippen LogP contribution in [0.25, 0.3) is 0 Å². The number of benzene rings is 2. The molecule has 2 aromatic carbocycles. The summed E-state index contributed by atoms with van der Waals surface area (Å²) in [6, 6.07) is 11.9. The first-order chi connectivity index (χ1) is 9.50. The van der Waals surface area contributed by atoms with Gasteiger partial charge in [-0.25, -0.2) is 4.39 Å². The first-order valence-corrected chi connectivity index (χ1v) is 6.59. The van der Waals surface area contributed by atoms with Gasteiger partial charge in [0.05, 0.1) is 10.9 Å². The van der Waals surface area contributed by atoms with Crippen LogP contribution in [-0.2, 0) is 11.2 Å². The molecular weight excluding hydrogens is 279 g/mol. The van der Waals surface area contributed by atoms with E-state index in [1.807, 2.05) is 19.1 Å². The van der Waals surface area contributed by atoms with E-state index in [4.69, 9.17) is 11.6 Å². The largest absolute Gasteiger partial charge is 0.481 e. The van der Waals surface area contributed by atoms with Crippen molar-refractivity contribution in [2.24, 2.45) is 0 Å². The highest BCUT2D eigenvalue weighted by atomic mass is 35.5. The summed E-state index contributed by atoms with van der Waals surface area (Å²) in [5, 5.41) is 9.43. The summed E-state index contributed by atoms with van der Waals surface area (Å²) < 4.78 is 13.9. The molecule has 2 aromatic rings. The lowest BCUT2D eigenvalue weighted by atomic mass is 9.89. The Balaban J connectivity index is 2.39. The molecule has 1 N–H and O–H groups in total. The second-order valence-corrected chi connectivity index (χ2v) is 5.07. The van der Waals surface area contributed by atoms with Gasteiger partial charge in [-0.05, 0) is 36.1 Å². The lowest BCUT2D eigenvalue weighted by molar-refractivity contribution is -0.138. The zero-order valence-corrected chi connectivity index (χ0v) is 11.7. The molecule has 0 saturated heterocycles. The minimum atomic E-state index is -0.973. The highest BCUT2D eigenvalue weighted by Crippen LogP contribution is 2.27. The van der Waals surface area contributed by atoms with E-state index in [1.54, 1.807) is 24.3 Å². The van der Waals surface area contributed by atoms with Crippen LogP contribution in [0.15, 0.2) is 42.5 Å². The van der Waals surface area contributed by atoms with Crippen molar-refractivity contribution in [3.05, 3.63) is 70.0 Å². The van der Waals surface area contributed by atoms with Crippen LogP contribution in [0, 0.1) is 12.7 Å². The molecule has 0 aliphatic heterocycles. The Bertz CT molecular complexity index is 640. The van der Waals surface area contributed by atoms with Crippen LogP contribution in [0.4, 0.5) is 4.39 Å². The Labute approximate surface area is 121 Å². The Kier molecular flexibility index (Phi) is 4.40. The Morgan fingerprint density at radius 3 is 2.60 bits per heavy atom. The van der Waals surface area contributed by atoms with Crippen molar-refractivity contribution in [1.82, 2.24) is 0 Å². The number of aliphatic carboxylic acids is 1. The fraction of sp³-hybridized carbons (Fsp3) is 0.188. The first-order valence-electron chi connectivity index (χ1n) is 6.22. The van der Waals surface area contributed by atoms with E-state index < -0.39 is 17.7 Å². The van der Waals surface area contributed by atoms with Crippen LogP contribution in [-0.4, -0.2) is 11.1 Å². The van der Waals surface area contributed by atoms with Gasteiger partial charge in [0, 0.05) is 0 Å². The van der Waals surface area contributed by atoms with Gasteiger partial charge in [0.1, 0.15) is 5.82 Å². The maximum absolute atomic E-state index is 13.9. The molecule has 0 radical (unpaired) electrons. The summed E-state index contributed by atoms with van der Waals surface area (Å²) in [5.74, 6) is -2.31. The normalized spacial score (nSPS) is 12.2. The minimum Gasteiger partial charge on any atom is -0.481 e.